The van der Waals surface area contributed by atoms with Gasteiger partial charge in [0.1, 0.15) is 0 Å². The Morgan fingerprint density at radius 1 is 0.750 bits per heavy atom. The standard InChI is InChI=1S/C8H15Cl3.C8H18.ClH/c1-2-3-4-5-6-7-8(9,10)11;1-4-5-6-7-8(2)3;/h2-7H2,1H3;8H,4-7H2,1-3H3;1H. The fourth-order valence-corrected chi connectivity index (χ4v) is 2.13. The van der Waals surface area contributed by atoms with Crippen LogP contribution >= 0.6 is 47.2 Å². The molecule has 0 aromatic rings. The van der Waals surface area contributed by atoms with Crippen molar-refractivity contribution in [3.8, 4) is 0 Å². The zero-order chi connectivity index (χ0) is 15.1. The Morgan fingerprint density at radius 3 is 1.60 bits per heavy atom. The minimum absolute atomic E-state index is 0. The summed E-state index contributed by atoms with van der Waals surface area (Å²) in [7, 11) is 0. The van der Waals surface area contributed by atoms with Gasteiger partial charge in [0.25, 0.3) is 0 Å². The van der Waals surface area contributed by atoms with Gasteiger partial charge in [0.05, 0.1) is 0 Å². The molecule has 0 atom stereocenters. The van der Waals surface area contributed by atoms with Gasteiger partial charge < -0.3 is 0 Å². The molecule has 0 nitrogen and oxygen atoms in total. The summed E-state index contributed by atoms with van der Waals surface area (Å²) in [5.41, 5.74) is 0. The van der Waals surface area contributed by atoms with Crippen molar-refractivity contribution in [1.82, 2.24) is 0 Å². The third kappa shape index (κ3) is 31.5. The average Bonchev–Trinajstić information content (AvgIpc) is 2.28. The van der Waals surface area contributed by atoms with Gasteiger partial charge in [-0.25, -0.2) is 0 Å². The molecule has 126 valence electrons. The predicted molar refractivity (Wildman–Crippen MR) is 99.9 cm³/mol. The first kappa shape index (κ1) is 26.1. The zero-order valence-electron chi connectivity index (χ0n) is 13.7. The molecule has 0 aromatic heterocycles. The molecule has 0 rings (SSSR count). The molecule has 0 amide bonds. The quantitative estimate of drug-likeness (QED) is 0.283. The molecule has 0 spiro atoms. The van der Waals surface area contributed by atoms with Crippen LogP contribution in [0.15, 0.2) is 0 Å². The highest BCUT2D eigenvalue weighted by atomic mass is 35.6. The molecule has 0 N–H and O–H groups in total. The second kappa shape index (κ2) is 18.2. The largest absolute Gasteiger partial charge is 0.190 e. The molecule has 0 saturated carbocycles. The third-order valence-electron chi connectivity index (χ3n) is 2.95. The van der Waals surface area contributed by atoms with Crippen LogP contribution in [-0.4, -0.2) is 3.79 Å². The van der Waals surface area contributed by atoms with Crippen molar-refractivity contribution in [1.29, 1.82) is 0 Å². The Bertz CT molecular complexity index is 164. The van der Waals surface area contributed by atoms with E-state index in [-0.39, 0.29) is 12.4 Å². The van der Waals surface area contributed by atoms with Crippen LogP contribution in [0, 0.1) is 5.92 Å². The Hall–Kier alpha value is 1.16. The van der Waals surface area contributed by atoms with E-state index in [0.717, 1.165) is 12.3 Å². The van der Waals surface area contributed by atoms with Gasteiger partial charge in [-0.3, -0.25) is 0 Å². The van der Waals surface area contributed by atoms with Crippen LogP contribution in [0.4, 0.5) is 0 Å². The first-order valence-electron chi connectivity index (χ1n) is 7.90. The molecule has 0 bridgehead atoms. The van der Waals surface area contributed by atoms with E-state index >= 15 is 0 Å². The van der Waals surface area contributed by atoms with E-state index in [1.807, 2.05) is 0 Å². The lowest BCUT2D eigenvalue weighted by Gasteiger charge is -2.09. The summed E-state index contributed by atoms with van der Waals surface area (Å²) in [4.78, 5) is 0. The fraction of sp³-hybridized carbons (Fsp3) is 1.00. The fourth-order valence-electron chi connectivity index (χ4n) is 1.73. The van der Waals surface area contributed by atoms with Gasteiger partial charge in [-0.1, -0.05) is 114 Å². The Labute approximate surface area is 148 Å². The van der Waals surface area contributed by atoms with E-state index in [2.05, 4.69) is 27.7 Å². The number of unbranched alkanes of at least 4 members (excludes halogenated alkanes) is 6. The smallest absolute Gasteiger partial charge is 0.147 e. The lowest BCUT2D eigenvalue weighted by molar-refractivity contribution is 0.534. The number of halogens is 4. The maximum absolute atomic E-state index is 5.58. The Morgan fingerprint density at radius 2 is 1.20 bits per heavy atom. The van der Waals surface area contributed by atoms with Crippen molar-refractivity contribution in [3.63, 3.8) is 0 Å². The summed E-state index contributed by atoms with van der Waals surface area (Å²) >= 11 is 16.7. The summed E-state index contributed by atoms with van der Waals surface area (Å²) in [5, 5.41) is 0. The van der Waals surface area contributed by atoms with Crippen LogP contribution in [0.25, 0.3) is 0 Å². The van der Waals surface area contributed by atoms with Gasteiger partial charge in [-0.05, 0) is 18.8 Å². The van der Waals surface area contributed by atoms with E-state index < -0.39 is 3.79 Å². The molecule has 0 aliphatic carbocycles. The maximum Gasteiger partial charge on any atom is 0.190 e. The SMILES string of the molecule is CCCCCC(C)C.CCCCCCCC(Cl)(Cl)Cl.Cl. The van der Waals surface area contributed by atoms with Gasteiger partial charge in [-0.2, -0.15) is 0 Å². The van der Waals surface area contributed by atoms with E-state index in [1.54, 1.807) is 0 Å². The number of hydrogen-bond acceptors (Lipinski definition) is 0. The van der Waals surface area contributed by atoms with E-state index in [1.165, 1.54) is 51.4 Å². The normalized spacial score (nSPS) is 10.8. The number of hydrogen-bond donors (Lipinski definition) is 0. The summed E-state index contributed by atoms with van der Waals surface area (Å²) in [6.45, 7) is 9.01. The van der Waals surface area contributed by atoms with E-state index in [4.69, 9.17) is 34.8 Å². The van der Waals surface area contributed by atoms with Crippen LogP contribution in [0.5, 0.6) is 0 Å². The summed E-state index contributed by atoms with van der Waals surface area (Å²) < 4.78 is -1.04. The minimum atomic E-state index is -1.04. The first-order valence-corrected chi connectivity index (χ1v) is 9.03. The van der Waals surface area contributed by atoms with Gasteiger partial charge in [-0.15, -0.1) is 12.4 Å². The zero-order valence-corrected chi connectivity index (χ0v) is 16.8. The molecule has 0 radical (unpaired) electrons. The van der Waals surface area contributed by atoms with Gasteiger partial charge in [0, 0.05) is 0 Å². The Kier molecular flexibility index (Phi) is 23.7. The lowest BCUT2D eigenvalue weighted by atomic mass is 10.1. The maximum atomic E-state index is 5.58. The summed E-state index contributed by atoms with van der Waals surface area (Å²) in [5.74, 6) is 0.904. The molecule has 0 fully saturated rings. The molecule has 0 aliphatic rings. The highest BCUT2D eigenvalue weighted by molar-refractivity contribution is 6.67. The van der Waals surface area contributed by atoms with E-state index in [9.17, 15) is 0 Å². The molecule has 0 aromatic carbocycles. The van der Waals surface area contributed by atoms with Crippen molar-refractivity contribution < 1.29 is 0 Å². The van der Waals surface area contributed by atoms with Gasteiger partial charge in [0.15, 0.2) is 3.79 Å². The molecular formula is C16H34Cl4. The molecule has 0 saturated heterocycles. The van der Waals surface area contributed by atoms with Crippen LogP contribution in [0.1, 0.15) is 91.9 Å². The Balaban J connectivity index is -0.000000288. The number of alkyl halides is 3. The van der Waals surface area contributed by atoms with Gasteiger partial charge in [0.2, 0.25) is 0 Å². The molecule has 4 heteroatoms. The molecule has 20 heavy (non-hydrogen) atoms. The van der Waals surface area contributed by atoms with Crippen molar-refractivity contribution >= 4 is 47.2 Å². The highest BCUT2D eigenvalue weighted by Crippen LogP contribution is 2.32. The van der Waals surface area contributed by atoms with Crippen molar-refractivity contribution in [2.45, 2.75) is 95.7 Å². The predicted octanol–water partition coefficient (Wildman–Crippen LogP) is 8.36. The summed E-state index contributed by atoms with van der Waals surface area (Å²) in [6.07, 6.45) is 12.3. The van der Waals surface area contributed by atoms with E-state index in [0.29, 0.717) is 6.42 Å². The molecule has 0 aliphatic heterocycles. The van der Waals surface area contributed by atoms with Crippen molar-refractivity contribution in [3.05, 3.63) is 0 Å². The van der Waals surface area contributed by atoms with Crippen LogP contribution in [-0.2, 0) is 0 Å². The lowest BCUT2D eigenvalue weighted by Crippen LogP contribution is -2.00. The van der Waals surface area contributed by atoms with Crippen LogP contribution in [0.2, 0.25) is 0 Å². The summed E-state index contributed by atoms with van der Waals surface area (Å²) in [6, 6.07) is 0. The highest BCUT2D eigenvalue weighted by Gasteiger charge is 2.17. The van der Waals surface area contributed by atoms with Crippen molar-refractivity contribution in [2.75, 3.05) is 0 Å². The monoisotopic (exact) mass is 366 g/mol. The molecule has 0 heterocycles. The molecule has 0 unspecified atom stereocenters. The second-order valence-electron chi connectivity index (χ2n) is 5.67. The number of rotatable bonds is 9. The van der Waals surface area contributed by atoms with Crippen LogP contribution in [0.3, 0.4) is 0 Å². The second-order valence-corrected chi connectivity index (χ2v) is 8.19. The minimum Gasteiger partial charge on any atom is -0.147 e. The first-order chi connectivity index (χ1) is 8.83. The third-order valence-corrected chi connectivity index (χ3v) is 3.52. The topological polar surface area (TPSA) is 0 Å². The van der Waals surface area contributed by atoms with Crippen LogP contribution < -0.4 is 0 Å². The van der Waals surface area contributed by atoms with Gasteiger partial charge >= 0.3 is 0 Å². The molecular weight excluding hydrogens is 334 g/mol. The van der Waals surface area contributed by atoms with Crippen molar-refractivity contribution in [2.24, 2.45) is 5.92 Å². The average molecular weight is 368 g/mol.